The van der Waals surface area contributed by atoms with Gasteiger partial charge >= 0.3 is 0 Å². The van der Waals surface area contributed by atoms with Crippen molar-refractivity contribution in [2.45, 2.75) is 51.5 Å². The van der Waals surface area contributed by atoms with Gasteiger partial charge in [-0.3, -0.25) is 4.79 Å². The maximum absolute atomic E-state index is 12.1. The van der Waals surface area contributed by atoms with Crippen LogP contribution in [0.1, 0.15) is 45.4 Å². The molecule has 0 atom stereocenters. The summed E-state index contributed by atoms with van der Waals surface area (Å²) in [7, 11) is 0. The fraction of sp³-hybridized carbons (Fsp3) is 0.923. The van der Waals surface area contributed by atoms with E-state index in [1.54, 1.807) is 0 Å². The molecule has 1 aliphatic rings. The van der Waals surface area contributed by atoms with Crippen LogP contribution in [0.5, 0.6) is 0 Å². The molecule has 1 aliphatic carbocycles. The Hall–Kier alpha value is -0.610. The predicted molar refractivity (Wildman–Crippen MR) is 68.8 cm³/mol. The van der Waals surface area contributed by atoms with E-state index in [4.69, 9.17) is 10.5 Å². The summed E-state index contributed by atoms with van der Waals surface area (Å²) in [6, 6.07) is 0.487. The Bertz CT molecular complexity index is 217. The van der Waals surface area contributed by atoms with Gasteiger partial charge < -0.3 is 15.4 Å². The van der Waals surface area contributed by atoms with Crippen LogP contribution < -0.4 is 5.73 Å². The van der Waals surface area contributed by atoms with Crippen LogP contribution in [0.25, 0.3) is 0 Å². The topological polar surface area (TPSA) is 55.6 Å². The smallest absolute Gasteiger partial charge is 0.222 e. The zero-order valence-electron chi connectivity index (χ0n) is 11.0. The van der Waals surface area contributed by atoms with Gasteiger partial charge in [-0.15, -0.1) is 0 Å². The summed E-state index contributed by atoms with van der Waals surface area (Å²) in [5.74, 6) is 0.280. The number of hydrogen-bond acceptors (Lipinski definition) is 3. The molecule has 2 N–H and O–H groups in total. The average molecular weight is 242 g/mol. The maximum Gasteiger partial charge on any atom is 0.222 e. The second-order valence-corrected chi connectivity index (χ2v) is 4.61. The lowest BCUT2D eigenvalue weighted by atomic mass is 9.91. The van der Waals surface area contributed by atoms with Crippen LogP contribution in [0.4, 0.5) is 0 Å². The lowest BCUT2D eigenvalue weighted by Crippen LogP contribution is -2.45. The highest BCUT2D eigenvalue weighted by molar-refractivity contribution is 5.76. The van der Waals surface area contributed by atoms with Gasteiger partial charge in [0, 0.05) is 32.2 Å². The fourth-order valence-corrected chi connectivity index (χ4v) is 2.08. The number of hydrogen-bond donors (Lipinski definition) is 1. The summed E-state index contributed by atoms with van der Waals surface area (Å²) in [6.07, 6.45) is 5.95. The van der Waals surface area contributed by atoms with Crippen molar-refractivity contribution < 1.29 is 9.53 Å². The second kappa shape index (κ2) is 8.48. The van der Waals surface area contributed by atoms with E-state index in [1.165, 1.54) is 19.3 Å². The highest BCUT2D eigenvalue weighted by Crippen LogP contribution is 2.25. The summed E-state index contributed by atoms with van der Waals surface area (Å²) in [4.78, 5) is 14.1. The Labute approximate surface area is 104 Å². The Kier molecular flexibility index (Phi) is 7.21. The van der Waals surface area contributed by atoms with Crippen LogP contribution in [0, 0.1) is 0 Å². The summed E-state index contributed by atoms with van der Waals surface area (Å²) in [5.41, 5.74) is 5.52. The Balaban J connectivity index is 2.26. The molecule has 0 saturated heterocycles. The molecule has 0 aliphatic heterocycles. The van der Waals surface area contributed by atoms with E-state index in [9.17, 15) is 4.79 Å². The van der Waals surface area contributed by atoms with Gasteiger partial charge in [-0.2, -0.15) is 0 Å². The first kappa shape index (κ1) is 14.5. The third-order valence-corrected chi connectivity index (χ3v) is 3.32. The molecule has 100 valence electrons. The quantitative estimate of drug-likeness (QED) is 0.624. The molecule has 0 aromatic rings. The Morgan fingerprint density at radius 1 is 1.41 bits per heavy atom. The zero-order chi connectivity index (χ0) is 12.5. The van der Waals surface area contributed by atoms with Crippen molar-refractivity contribution in [3.05, 3.63) is 0 Å². The zero-order valence-corrected chi connectivity index (χ0v) is 11.0. The number of nitrogens with two attached hydrogens (primary N) is 1. The van der Waals surface area contributed by atoms with Gasteiger partial charge in [-0.1, -0.05) is 0 Å². The number of rotatable bonds is 9. The molecule has 1 rings (SSSR count). The minimum absolute atomic E-state index is 0.280. The Morgan fingerprint density at radius 3 is 2.71 bits per heavy atom. The lowest BCUT2D eigenvalue weighted by Gasteiger charge is -2.37. The molecule has 0 bridgehead atoms. The number of amides is 1. The van der Waals surface area contributed by atoms with E-state index in [1.807, 2.05) is 11.8 Å². The molecule has 4 nitrogen and oxygen atoms in total. The molecule has 0 heterocycles. The average Bonchev–Trinajstić information content (AvgIpc) is 2.27. The highest BCUT2D eigenvalue weighted by Gasteiger charge is 2.27. The SMILES string of the molecule is CCOCCCC(=O)N(CCCN)C1CCC1. The van der Waals surface area contributed by atoms with Crippen molar-refractivity contribution >= 4 is 5.91 Å². The molecular formula is C13H26N2O2. The van der Waals surface area contributed by atoms with Crippen molar-refractivity contribution in [1.29, 1.82) is 0 Å². The summed E-state index contributed by atoms with van der Waals surface area (Å²) in [5, 5.41) is 0. The molecule has 0 aromatic carbocycles. The van der Waals surface area contributed by atoms with Gasteiger partial charge in [0.15, 0.2) is 0 Å². The van der Waals surface area contributed by atoms with E-state index < -0.39 is 0 Å². The molecule has 1 fully saturated rings. The van der Waals surface area contributed by atoms with Crippen LogP contribution >= 0.6 is 0 Å². The first-order chi connectivity index (χ1) is 8.29. The van der Waals surface area contributed by atoms with Crippen molar-refractivity contribution in [1.82, 2.24) is 4.90 Å². The summed E-state index contributed by atoms with van der Waals surface area (Å²) >= 11 is 0. The summed E-state index contributed by atoms with van der Waals surface area (Å²) in [6.45, 7) is 4.89. The largest absolute Gasteiger partial charge is 0.382 e. The van der Waals surface area contributed by atoms with E-state index in [0.717, 1.165) is 26.0 Å². The van der Waals surface area contributed by atoms with Crippen molar-refractivity contribution in [2.75, 3.05) is 26.3 Å². The second-order valence-electron chi connectivity index (χ2n) is 4.61. The van der Waals surface area contributed by atoms with Crippen LogP contribution in [0.3, 0.4) is 0 Å². The molecular weight excluding hydrogens is 216 g/mol. The van der Waals surface area contributed by atoms with E-state index in [2.05, 4.69) is 0 Å². The first-order valence-electron chi connectivity index (χ1n) is 6.86. The van der Waals surface area contributed by atoms with Crippen LogP contribution in [0.2, 0.25) is 0 Å². The van der Waals surface area contributed by atoms with Crippen molar-refractivity contribution in [3.63, 3.8) is 0 Å². The standard InChI is InChI=1S/C13H26N2O2/c1-2-17-11-4-8-13(16)15(10-5-9-14)12-6-3-7-12/h12H,2-11,14H2,1H3. The fourth-order valence-electron chi connectivity index (χ4n) is 2.08. The van der Waals surface area contributed by atoms with Gasteiger partial charge in [0.2, 0.25) is 5.91 Å². The van der Waals surface area contributed by atoms with Gasteiger partial charge in [0.05, 0.1) is 0 Å². The number of nitrogens with zero attached hydrogens (tertiary/aromatic N) is 1. The van der Waals surface area contributed by atoms with Crippen molar-refractivity contribution in [2.24, 2.45) is 5.73 Å². The molecule has 1 amide bonds. The van der Waals surface area contributed by atoms with Crippen LogP contribution in [0.15, 0.2) is 0 Å². The molecule has 0 spiro atoms. The monoisotopic (exact) mass is 242 g/mol. The number of ether oxygens (including phenoxy) is 1. The number of carbonyl (C=O) groups excluding carboxylic acids is 1. The van der Waals surface area contributed by atoms with Gasteiger partial charge in [0.25, 0.3) is 0 Å². The lowest BCUT2D eigenvalue weighted by molar-refractivity contribution is -0.135. The molecule has 4 heteroatoms. The minimum atomic E-state index is 0.280. The van der Waals surface area contributed by atoms with Crippen molar-refractivity contribution in [3.8, 4) is 0 Å². The first-order valence-corrected chi connectivity index (χ1v) is 6.86. The third kappa shape index (κ3) is 5.04. The Morgan fingerprint density at radius 2 is 2.18 bits per heavy atom. The van der Waals surface area contributed by atoms with E-state index in [-0.39, 0.29) is 5.91 Å². The van der Waals surface area contributed by atoms with E-state index >= 15 is 0 Å². The molecule has 0 aromatic heterocycles. The third-order valence-electron chi connectivity index (χ3n) is 3.32. The highest BCUT2D eigenvalue weighted by atomic mass is 16.5. The molecule has 0 radical (unpaired) electrons. The predicted octanol–water partition coefficient (Wildman–Crippen LogP) is 1.53. The molecule has 0 unspecified atom stereocenters. The number of carbonyl (C=O) groups is 1. The summed E-state index contributed by atoms with van der Waals surface area (Å²) < 4.78 is 5.25. The van der Waals surface area contributed by atoms with E-state index in [0.29, 0.717) is 25.6 Å². The van der Waals surface area contributed by atoms with Gasteiger partial charge in [-0.05, 0) is 45.6 Å². The normalized spacial score (nSPS) is 15.6. The minimum Gasteiger partial charge on any atom is -0.382 e. The van der Waals surface area contributed by atoms with Crippen LogP contribution in [-0.2, 0) is 9.53 Å². The van der Waals surface area contributed by atoms with Gasteiger partial charge in [0.1, 0.15) is 0 Å². The maximum atomic E-state index is 12.1. The van der Waals surface area contributed by atoms with Crippen LogP contribution in [-0.4, -0.2) is 43.2 Å². The van der Waals surface area contributed by atoms with Gasteiger partial charge in [-0.25, -0.2) is 0 Å². The molecule has 1 saturated carbocycles. The molecule has 17 heavy (non-hydrogen) atoms.